The fourth-order valence-corrected chi connectivity index (χ4v) is 2.16. The van der Waals surface area contributed by atoms with Crippen LogP contribution in [0.1, 0.15) is 22.8 Å². The van der Waals surface area contributed by atoms with Crippen molar-refractivity contribution in [2.75, 3.05) is 18.4 Å². The van der Waals surface area contributed by atoms with E-state index in [-0.39, 0.29) is 11.8 Å². The average molecular weight is 261 g/mol. The van der Waals surface area contributed by atoms with Crippen LogP contribution in [0, 0.1) is 18.8 Å². The third kappa shape index (κ3) is 2.76. The summed E-state index contributed by atoms with van der Waals surface area (Å²) in [5.74, 6) is -0.154. The van der Waals surface area contributed by atoms with E-state index in [2.05, 4.69) is 10.6 Å². The third-order valence-electron chi connectivity index (χ3n) is 3.79. The Morgan fingerprint density at radius 1 is 1.42 bits per heavy atom. The van der Waals surface area contributed by atoms with Gasteiger partial charge in [0, 0.05) is 17.2 Å². The molecule has 1 aromatic rings. The molecule has 0 spiro atoms. The molecule has 2 amide bonds. The van der Waals surface area contributed by atoms with Crippen LogP contribution in [-0.4, -0.2) is 24.9 Å². The number of primary amides is 1. The highest BCUT2D eigenvalue weighted by Crippen LogP contribution is 2.22. The molecule has 5 heteroatoms. The second-order valence-corrected chi connectivity index (χ2v) is 5.04. The lowest BCUT2D eigenvalue weighted by molar-refractivity contribution is -0.121. The van der Waals surface area contributed by atoms with E-state index in [9.17, 15) is 9.59 Å². The molecule has 1 saturated heterocycles. The minimum atomic E-state index is -0.482. The molecule has 5 nitrogen and oxygen atoms in total. The number of rotatable bonds is 4. The van der Waals surface area contributed by atoms with Gasteiger partial charge in [0.2, 0.25) is 11.8 Å². The van der Waals surface area contributed by atoms with Crippen LogP contribution < -0.4 is 16.4 Å². The maximum Gasteiger partial charge on any atom is 0.249 e. The highest BCUT2D eigenvalue weighted by atomic mass is 16.2. The number of hydrogen-bond donors (Lipinski definition) is 3. The fourth-order valence-electron chi connectivity index (χ4n) is 2.16. The lowest BCUT2D eigenvalue weighted by Gasteiger charge is -2.31. The van der Waals surface area contributed by atoms with Crippen LogP contribution in [0.4, 0.5) is 5.69 Å². The minimum absolute atomic E-state index is 0.0174. The van der Waals surface area contributed by atoms with Gasteiger partial charge in [0.05, 0.1) is 0 Å². The number of amides is 2. The first kappa shape index (κ1) is 13.5. The predicted octanol–water partition coefficient (Wildman–Crippen LogP) is 0.888. The van der Waals surface area contributed by atoms with Crippen LogP contribution in [0.25, 0.3) is 0 Å². The summed E-state index contributed by atoms with van der Waals surface area (Å²) < 4.78 is 0. The zero-order valence-corrected chi connectivity index (χ0v) is 11.2. The number of carbonyl (C=O) groups excluding carboxylic acids is 2. The van der Waals surface area contributed by atoms with Crippen molar-refractivity contribution in [1.29, 1.82) is 0 Å². The molecule has 1 aliphatic rings. The maximum absolute atomic E-state index is 12.1. The van der Waals surface area contributed by atoms with Gasteiger partial charge in [0.25, 0.3) is 0 Å². The van der Waals surface area contributed by atoms with E-state index in [1.54, 1.807) is 25.1 Å². The normalized spacial score (nSPS) is 16.5. The molecule has 19 heavy (non-hydrogen) atoms. The molecule has 0 aromatic heterocycles. The maximum atomic E-state index is 12.1. The largest absolute Gasteiger partial charge is 0.366 e. The second kappa shape index (κ2) is 5.40. The zero-order chi connectivity index (χ0) is 14.0. The summed E-state index contributed by atoms with van der Waals surface area (Å²) in [6.07, 6.45) is 0. The van der Waals surface area contributed by atoms with Gasteiger partial charge in [-0.1, -0.05) is 13.0 Å². The van der Waals surface area contributed by atoms with Crippen LogP contribution in [0.3, 0.4) is 0 Å². The monoisotopic (exact) mass is 261 g/mol. The summed E-state index contributed by atoms with van der Waals surface area (Å²) in [5.41, 5.74) is 7.10. The lowest BCUT2D eigenvalue weighted by atomic mass is 9.88. The Bertz CT molecular complexity index is 509. The van der Waals surface area contributed by atoms with E-state index >= 15 is 0 Å². The number of hydrogen-bond acceptors (Lipinski definition) is 3. The molecular formula is C14H19N3O2. The van der Waals surface area contributed by atoms with Crippen molar-refractivity contribution in [3.8, 4) is 0 Å². The Morgan fingerprint density at radius 2 is 2.11 bits per heavy atom. The minimum Gasteiger partial charge on any atom is -0.366 e. The zero-order valence-electron chi connectivity index (χ0n) is 11.2. The molecule has 1 unspecified atom stereocenters. The van der Waals surface area contributed by atoms with E-state index in [1.165, 1.54) is 0 Å². The Kier molecular flexibility index (Phi) is 3.85. The van der Waals surface area contributed by atoms with Crippen molar-refractivity contribution in [2.45, 2.75) is 13.8 Å². The van der Waals surface area contributed by atoms with Crippen LogP contribution in [0.15, 0.2) is 18.2 Å². The first-order valence-corrected chi connectivity index (χ1v) is 6.41. The molecule has 1 heterocycles. The van der Waals surface area contributed by atoms with Gasteiger partial charge >= 0.3 is 0 Å². The summed E-state index contributed by atoms with van der Waals surface area (Å²) >= 11 is 0. The number of benzene rings is 1. The molecule has 102 valence electrons. The molecule has 1 aromatic carbocycles. The van der Waals surface area contributed by atoms with E-state index < -0.39 is 5.91 Å². The summed E-state index contributed by atoms with van der Waals surface area (Å²) in [7, 11) is 0. The van der Waals surface area contributed by atoms with Crippen molar-refractivity contribution in [3.63, 3.8) is 0 Å². The van der Waals surface area contributed by atoms with E-state index in [4.69, 9.17) is 5.73 Å². The second-order valence-electron chi connectivity index (χ2n) is 5.04. The van der Waals surface area contributed by atoms with Crippen LogP contribution in [0.5, 0.6) is 0 Å². The predicted molar refractivity (Wildman–Crippen MR) is 73.9 cm³/mol. The Balaban J connectivity index is 2.12. The fraction of sp³-hybridized carbons (Fsp3) is 0.429. The van der Waals surface area contributed by atoms with Crippen LogP contribution in [0.2, 0.25) is 0 Å². The molecule has 1 aliphatic heterocycles. The third-order valence-corrected chi connectivity index (χ3v) is 3.79. The molecule has 0 aliphatic carbocycles. The number of nitrogens with two attached hydrogens (primary N) is 1. The number of nitrogens with one attached hydrogen (secondary N) is 2. The topological polar surface area (TPSA) is 84.2 Å². The van der Waals surface area contributed by atoms with Gasteiger partial charge in [-0.2, -0.15) is 0 Å². The van der Waals surface area contributed by atoms with Crippen molar-refractivity contribution >= 4 is 17.5 Å². The van der Waals surface area contributed by atoms with E-state index in [0.717, 1.165) is 13.1 Å². The first-order chi connectivity index (χ1) is 9.00. The van der Waals surface area contributed by atoms with Crippen molar-refractivity contribution in [2.24, 2.45) is 17.6 Å². The Hall–Kier alpha value is -1.88. The first-order valence-electron chi connectivity index (χ1n) is 6.41. The van der Waals surface area contributed by atoms with Gasteiger partial charge < -0.3 is 16.4 Å². The quantitative estimate of drug-likeness (QED) is 0.752. The van der Waals surface area contributed by atoms with E-state index in [0.29, 0.717) is 22.7 Å². The molecule has 4 N–H and O–H groups in total. The van der Waals surface area contributed by atoms with Crippen molar-refractivity contribution in [3.05, 3.63) is 29.3 Å². The molecule has 0 radical (unpaired) electrons. The van der Waals surface area contributed by atoms with Gasteiger partial charge in [0.15, 0.2) is 0 Å². The summed E-state index contributed by atoms with van der Waals surface area (Å²) in [4.78, 5) is 23.4. The smallest absolute Gasteiger partial charge is 0.249 e. The highest BCUT2D eigenvalue weighted by molar-refractivity contribution is 5.99. The standard InChI is InChI=1S/C14H19N3O2/c1-8(10-6-16-7-10)14(19)17-12-5-3-4-11(9(12)2)13(15)18/h3-5,8,10,16H,6-7H2,1-2H3,(H2,15,18)(H,17,19). The van der Waals surface area contributed by atoms with Gasteiger partial charge in [-0.05, 0) is 43.6 Å². The van der Waals surface area contributed by atoms with Crippen molar-refractivity contribution in [1.82, 2.24) is 5.32 Å². The number of carbonyl (C=O) groups is 2. The molecule has 1 atom stereocenters. The van der Waals surface area contributed by atoms with Gasteiger partial charge in [0.1, 0.15) is 0 Å². The highest BCUT2D eigenvalue weighted by Gasteiger charge is 2.28. The van der Waals surface area contributed by atoms with Gasteiger partial charge in [-0.3, -0.25) is 9.59 Å². The summed E-state index contributed by atoms with van der Waals surface area (Å²) in [6.45, 7) is 5.48. The molecular weight excluding hydrogens is 242 g/mol. The SMILES string of the molecule is Cc1c(NC(=O)C(C)C2CNC2)cccc1C(N)=O. The van der Waals surface area contributed by atoms with Gasteiger partial charge in [-0.15, -0.1) is 0 Å². The molecule has 0 bridgehead atoms. The molecule has 1 fully saturated rings. The van der Waals surface area contributed by atoms with Gasteiger partial charge in [-0.25, -0.2) is 0 Å². The Labute approximate surface area is 112 Å². The molecule has 0 saturated carbocycles. The summed E-state index contributed by atoms with van der Waals surface area (Å²) in [5, 5.41) is 6.03. The van der Waals surface area contributed by atoms with Crippen molar-refractivity contribution < 1.29 is 9.59 Å². The van der Waals surface area contributed by atoms with E-state index in [1.807, 2.05) is 6.92 Å². The molecule has 2 rings (SSSR count). The average Bonchev–Trinajstić information content (AvgIpc) is 2.29. The Morgan fingerprint density at radius 3 is 2.63 bits per heavy atom. The van der Waals surface area contributed by atoms with Crippen LogP contribution in [-0.2, 0) is 4.79 Å². The summed E-state index contributed by atoms with van der Waals surface area (Å²) in [6, 6.07) is 5.16. The number of anilines is 1. The van der Waals surface area contributed by atoms with Crippen LogP contribution >= 0.6 is 0 Å². The lowest BCUT2D eigenvalue weighted by Crippen LogP contribution is -2.48.